The van der Waals surface area contributed by atoms with Crippen LogP contribution in [0.3, 0.4) is 0 Å². The Hall–Kier alpha value is -0.900. The van der Waals surface area contributed by atoms with Crippen molar-refractivity contribution in [1.29, 1.82) is 0 Å². The zero-order chi connectivity index (χ0) is 11.8. The molecule has 0 spiro atoms. The van der Waals surface area contributed by atoms with Crippen molar-refractivity contribution in [2.24, 2.45) is 0 Å². The third-order valence-electron chi connectivity index (χ3n) is 2.53. The average Bonchev–Trinajstić information content (AvgIpc) is 2.29. The molecule has 3 nitrogen and oxygen atoms in total. The van der Waals surface area contributed by atoms with Crippen LogP contribution in [0.25, 0.3) is 0 Å². The van der Waals surface area contributed by atoms with E-state index < -0.39 is 0 Å². The van der Waals surface area contributed by atoms with E-state index in [1.165, 1.54) is 11.1 Å². The fourth-order valence-electron chi connectivity index (χ4n) is 1.67. The maximum Gasteiger partial charge on any atom is 0.0952 e. The topological polar surface area (TPSA) is 30.5 Å². The van der Waals surface area contributed by atoms with Gasteiger partial charge in [0.2, 0.25) is 0 Å². The number of benzene rings is 1. The lowest BCUT2D eigenvalue weighted by molar-refractivity contribution is 0.0172. The van der Waals surface area contributed by atoms with E-state index in [0.717, 1.165) is 6.54 Å². The van der Waals surface area contributed by atoms with E-state index in [4.69, 9.17) is 9.47 Å². The van der Waals surface area contributed by atoms with Crippen molar-refractivity contribution in [2.75, 3.05) is 33.9 Å². The van der Waals surface area contributed by atoms with Crippen molar-refractivity contribution in [1.82, 2.24) is 5.32 Å². The number of likely N-dealkylation sites (N-methyl/N-ethyl adjacent to an activating group) is 1. The summed E-state index contributed by atoms with van der Waals surface area (Å²) < 4.78 is 10.8. The first kappa shape index (κ1) is 13.2. The number of nitrogens with one attached hydrogen (secondary N) is 1. The van der Waals surface area contributed by atoms with Crippen molar-refractivity contribution >= 4 is 0 Å². The van der Waals surface area contributed by atoms with E-state index in [9.17, 15) is 0 Å². The fraction of sp³-hybridized carbons (Fsp3) is 0.538. The largest absolute Gasteiger partial charge is 0.382 e. The molecule has 0 fully saturated rings. The molecule has 0 heterocycles. The lowest BCUT2D eigenvalue weighted by atomic mass is 10.0. The second kappa shape index (κ2) is 7.39. The summed E-state index contributed by atoms with van der Waals surface area (Å²) >= 11 is 0. The van der Waals surface area contributed by atoms with Crippen LogP contribution in [-0.2, 0) is 9.47 Å². The Bertz CT molecular complexity index is 302. The van der Waals surface area contributed by atoms with Gasteiger partial charge in [-0.25, -0.2) is 0 Å². The highest BCUT2D eigenvalue weighted by atomic mass is 16.5. The molecule has 1 aromatic carbocycles. The number of ether oxygens (including phenoxy) is 2. The van der Waals surface area contributed by atoms with Gasteiger partial charge in [-0.2, -0.15) is 0 Å². The second-order valence-electron chi connectivity index (χ2n) is 3.77. The lowest BCUT2D eigenvalue weighted by Gasteiger charge is -2.19. The smallest absolute Gasteiger partial charge is 0.0952 e. The van der Waals surface area contributed by atoms with Crippen LogP contribution >= 0.6 is 0 Å². The summed E-state index contributed by atoms with van der Waals surface area (Å²) in [6.45, 7) is 4.18. The molecule has 0 aliphatic carbocycles. The van der Waals surface area contributed by atoms with Gasteiger partial charge in [0.1, 0.15) is 0 Å². The second-order valence-corrected chi connectivity index (χ2v) is 3.77. The van der Waals surface area contributed by atoms with Crippen LogP contribution in [0.4, 0.5) is 0 Å². The van der Waals surface area contributed by atoms with Crippen LogP contribution < -0.4 is 5.32 Å². The van der Waals surface area contributed by atoms with Gasteiger partial charge >= 0.3 is 0 Å². The molecule has 0 amide bonds. The molecule has 1 atom stereocenters. The molecule has 1 aromatic rings. The maximum atomic E-state index is 5.80. The summed E-state index contributed by atoms with van der Waals surface area (Å²) in [4.78, 5) is 0. The Morgan fingerprint density at radius 2 is 2.00 bits per heavy atom. The quantitative estimate of drug-likeness (QED) is 0.716. The highest BCUT2D eigenvalue weighted by Crippen LogP contribution is 2.20. The minimum atomic E-state index is 0.0985. The molecular formula is C13H21NO2. The van der Waals surface area contributed by atoms with Crippen molar-refractivity contribution in [3.8, 4) is 0 Å². The summed E-state index contributed by atoms with van der Waals surface area (Å²) in [5, 5.41) is 3.15. The molecule has 0 saturated carbocycles. The van der Waals surface area contributed by atoms with E-state index in [0.29, 0.717) is 13.2 Å². The summed E-state index contributed by atoms with van der Waals surface area (Å²) in [6, 6.07) is 8.32. The molecule has 0 saturated heterocycles. The fourth-order valence-corrected chi connectivity index (χ4v) is 1.67. The predicted molar refractivity (Wildman–Crippen MR) is 65.7 cm³/mol. The van der Waals surface area contributed by atoms with Gasteiger partial charge in [0, 0.05) is 13.7 Å². The van der Waals surface area contributed by atoms with Crippen molar-refractivity contribution in [2.45, 2.75) is 13.0 Å². The summed E-state index contributed by atoms with van der Waals surface area (Å²) in [5.74, 6) is 0. The Morgan fingerprint density at radius 1 is 1.25 bits per heavy atom. The van der Waals surface area contributed by atoms with Gasteiger partial charge in [-0.15, -0.1) is 0 Å². The molecule has 0 aliphatic heterocycles. The number of methoxy groups -OCH3 is 1. The van der Waals surface area contributed by atoms with E-state index >= 15 is 0 Å². The molecule has 90 valence electrons. The Morgan fingerprint density at radius 3 is 2.62 bits per heavy atom. The van der Waals surface area contributed by atoms with Crippen molar-refractivity contribution in [3.63, 3.8) is 0 Å². The molecule has 1 N–H and O–H groups in total. The van der Waals surface area contributed by atoms with Gasteiger partial charge < -0.3 is 14.8 Å². The molecule has 16 heavy (non-hydrogen) atoms. The third-order valence-corrected chi connectivity index (χ3v) is 2.53. The first-order valence-corrected chi connectivity index (χ1v) is 5.60. The van der Waals surface area contributed by atoms with Crippen LogP contribution in [-0.4, -0.2) is 33.9 Å². The summed E-state index contributed by atoms with van der Waals surface area (Å²) in [5.41, 5.74) is 2.51. The Kier molecular flexibility index (Phi) is 6.08. The van der Waals surface area contributed by atoms with Crippen molar-refractivity contribution < 1.29 is 9.47 Å². The Balaban J connectivity index is 2.65. The molecule has 3 heteroatoms. The van der Waals surface area contributed by atoms with E-state index in [2.05, 4.69) is 24.4 Å². The summed E-state index contributed by atoms with van der Waals surface area (Å²) in [6.07, 6.45) is 0.0985. The zero-order valence-corrected chi connectivity index (χ0v) is 10.3. The molecule has 0 bridgehead atoms. The molecule has 0 aliphatic rings. The lowest BCUT2D eigenvalue weighted by Crippen LogP contribution is -2.21. The van der Waals surface area contributed by atoms with Gasteiger partial charge in [-0.3, -0.25) is 0 Å². The van der Waals surface area contributed by atoms with Gasteiger partial charge in [0.05, 0.1) is 19.3 Å². The number of rotatable bonds is 7. The third kappa shape index (κ3) is 3.93. The van der Waals surface area contributed by atoms with E-state index in [1.807, 2.05) is 19.2 Å². The highest BCUT2D eigenvalue weighted by molar-refractivity contribution is 5.28. The van der Waals surface area contributed by atoms with Crippen LogP contribution in [0.2, 0.25) is 0 Å². The normalized spacial score (nSPS) is 12.7. The van der Waals surface area contributed by atoms with Gasteiger partial charge in [0.15, 0.2) is 0 Å². The molecular weight excluding hydrogens is 202 g/mol. The molecule has 1 rings (SSSR count). The van der Waals surface area contributed by atoms with Crippen molar-refractivity contribution in [3.05, 3.63) is 35.4 Å². The molecule has 1 unspecified atom stereocenters. The minimum Gasteiger partial charge on any atom is -0.382 e. The SMILES string of the molecule is CNCC(OCCOC)c1ccccc1C. The number of hydrogen-bond acceptors (Lipinski definition) is 3. The van der Waals surface area contributed by atoms with E-state index in [1.54, 1.807) is 7.11 Å². The molecule has 0 aromatic heterocycles. The first-order chi connectivity index (χ1) is 7.79. The average molecular weight is 223 g/mol. The van der Waals surface area contributed by atoms with Crippen LogP contribution in [0.5, 0.6) is 0 Å². The molecule has 0 radical (unpaired) electrons. The summed E-state index contributed by atoms with van der Waals surface area (Å²) in [7, 11) is 3.62. The van der Waals surface area contributed by atoms with E-state index in [-0.39, 0.29) is 6.10 Å². The van der Waals surface area contributed by atoms with Gasteiger partial charge in [-0.1, -0.05) is 24.3 Å². The maximum absolute atomic E-state index is 5.80. The first-order valence-electron chi connectivity index (χ1n) is 5.60. The minimum absolute atomic E-state index is 0.0985. The highest BCUT2D eigenvalue weighted by Gasteiger charge is 2.12. The predicted octanol–water partition coefficient (Wildman–Crippen LogP) is 1.92. The monoisotopic (exact) mass is 223 g/mol. The van der Waals surface area contributed by atoms with Gasteiger partial charge in [0.25, 0.3) is 0 Å². The standard InChI is InChI=1S/C13H21NO2/c1-11-6-4-5-7-12(11)13(10-14-2)16-9-8-15-3/h4-7,13-14H,8-10H2,1-3H3. The van der Waals surface area contributed by atoms with Crippen LogP contribution in [0, 0.1) is 6.92 Å². The number of aryl methyl sites for hydroxylation is 1. The van der Waals surface area contributed by atoms with Crippen LogP contribution in [0.1, 0.15) is 17.2 Å². The van der Waals surface area contributed by atoms with Gasteiger partial charge in [-0.05, 0) is 25.1 Å². The zero-order valence-electron chi connectivity index (χ0n) is 10.3. The van der Waals surface area contributed by atoms with Crippen LogP contribution in [0.15, 0.2) is 24.3 Å². The number of hydrogen-bond donors (Lipinski definition) is 1. The Labute approximate surface area is 97.8 Å².